The fourth-order valence-electron chi connectivity index (χ4n) is 2.94. The van der Waals surface area contributed by atoms with Gasteiger partial charge in [0, 0.05) is 11.4 Å². The van der Waals surface area contributed by atoms with Gasteiger partial charge in [0.1, 0.15) is 0 Å². The molecule has 0 aromatic heterocycles. The van der Waals surface area contributed by atoms with Crippen LogP contribution in [0.2, 0.25) is 5.02 Å². The van der Waals surface area contributed by atoms with Crippen LogP contribution in [0, 0.1) is 5.92 Å². The molecule has 1 fully saturated rings. The van der Waals surface area contributed by atoms with Gasteiger partial charge in [-0.05, 0) is 36.5 Å². The normalized spacial score (nSPS) is 29.6. The predicted molar refractivity (Wildman–Crippen MR) is 67.7 cm³/mol. The predicted octanol–water partition coefficient (Wildman–Crippen LogP) is 3.82. The summed E-state index contributed by atoms with van der Waals surface area (Å²) in [7, 11) is 0. The van der Waals surface area contributed by atoms with Crippen LogP contribution in [-0.4, -0.2) is 10.7 Å². The third kappa shape index (κ3) is 2.41. The van der Waals surface area contributed by atoms with Crippen molar-refractivity contribution >= 4 is 11.6 Å². The molecule has 2 rings (SSSR count). The molecule has 0 saturated heterocycles. The van der Waals surface area contributed by atoms with Gasteiger partial charge in [0.15, 0.2) is 0 Å². The van der Waals surface area contributed by atoms with E-state index in [1.165, 1.54) is 0 Å². The molecule has 1 N–H and O–H groups in total. The van der Waals surface area contributed by atoms with Crippen molar-refractivity contribution in [3.63, 3.8) is 0 Å². The van der Waals surface area contributed by atoms with E-state index in [2.05, 4.69) is 13.0 Å². The first-order chi connectivity index (χ1) is 7.64. The molecule has 1 aromatic rings. The highest BCUT2D eigenvalue weighted by Crippen LogP contribution is 2.40. The first-order valence-corrected chi connectivity index (χ1v) is 6.48. The van der Waals surface area contributed by atoms with E-state index in [0.29, 0.717) is 5.92 Å². The third-order valence-electron chi connectivity index (χ3n) is 3.81. The Kier molecular flexibility index (Phi) is 3.56. The molecule has 2 atom stereocenters. The van der Waals surface area contributed by atoms with Crippen molar-refractivity contribution in [2.75, 3.05) is 0 Å². The lowest BCUT2D eigenvalue weighted by Crippen LogP contribution is -2.35. The largest absolute Gasteiger partial charge is 0.389 e. The summed E-state index contributed by atoms with van der Waals surface area (Å²) in [5.74, 6) is 0.450. The van der Waals surface area contributed by atoms with Crippen LogP contribution in [0.1, 0.15) is 38.2 Å². The standard InChI is InChI=1S/C14H19ClO/c1-2-12-6-4-8-14(12,16)10-11-5-3-7-13(15)9-11/h3,5,7,9,12,16H,2,4,6,8,10H2,1H3. The van der Waals surface area contributed by atoms with E-state index < -0.39 is 5.60 Å². The second kappa shape index (κ2) is 4.77. The van der Waals surface area contributed by atoms with Crippen LogP contribution in [0.15, 0.2) is 24.3 Å². The molecule has 1 aliphatic carbocycles. The second-order valence-electron chi connectivity index (χ2n) is 4.91. The molecule has 88 valence electrons. The van der Waals surface area contributed by atoms with Gasteiger partial charge in [-0.1, -0.05) is 43.5 Å². The number of aliphatic hydroxyl groups is 1. The SMILES string of the molecule is CCC1CCCC1(O)Cc1cccc(Cl)c1. The monoisotopic (exact) mass is 238 g/mol. The first-order valence-electron chi connectivity index (χ1n) is 6.11. The Balaban J connectivity index is 2.14. The fourth-order valence-corrected chi connectivity index (χ4v) is 3.16. The summed E-state index contributed by atoms with van der Waals surface area (Å²) in [5.41, 5.74) is 0.648. The highest BCUT2D eigenvalue weighted by molar-refractivity contribution is 6.30. The average molecular weight is 239 g/mol. The maximum Gasteiger partial charge on any atom is 0.0715 e. The van der Waals surface area contributed by atoms with Crippen molar-refractivity contribution in [2.24, 2.45) is 5.92 Å². The van der Waals surface area contributed by atoms with Crippen LogP contribution in [0.4, 0.5) is 0 Å². The molecule has 0 heterocycles. The minimum absolute atomic E-state index is 0.450. The summed E-state index contributed by atoms with van der Waals surface area (Å²) in [6, 6.07) is 7.84. The summed E-state index contributed by atoms with van der Waals surface area (Å²) in [6.45, 7) is 2.17. The molecule has 0 amide bonds. The summed E-state index contributed by atoms with van der Waals surface area (Å²) in [4.78, 5) is 0. The Bertz CT molecular complexity index is 364. The smallest absolute Gasteiger partial charge is 0.0715 e. The molecule has 1 aromatic carbocycles. The molecule has 0 radical (unpaired) electrons. The summed E-state index contributed by atoms with van der Waals surface area (Å²) >= 11 is 5.96. The van der Waals surface area contributed by atoms with Crippen molar-refractivity contribution in [1.82, 2.24) is 0 Å². The minimum Gasteiger partial charge on any atom is -0.389 e. The van der Waals surface area contributed by atoms with Gasteiger partial charge in [0.05, 0.1) is 5.60 Å². The quantitative estimate of drug-likeness (QED) is 0.849. The Labute approximate surface area is 102 Å². The van der Waals surface area contributed by atoms with Crippen LogP contribution in [0.25, 0.3) is 0 Å². The second-order valence-corrected chi connectivity index (χ2v) is 5.34. The number of rotatable bonds is 3. The average Bonchev–Trinajstić information content (AvgIpc) is 2.59. The minimum atomic E-state index is -0.501. The Hall–Kier alpha value is -0.530. The van der Waals surface area contributed by atoms with E-state index in [-0.39, 0.29) is 0 Å². The van der Waals surface area contributed by atoms with E-state index in [1.807, 2.05) is 18.2 Å². The highest BCUT2D eigenvalue weighted by Gasteiger charge is 2.39. The molecule has 1 nitrogen and oxygen atoms in total. The maximum atomic E-state index is 10.7. The van der Waals surface area contributed by atoms with Crippen LogP contribution in [0.3, 0.4) is 0 Å². The van der Waals surface area contributed by atoms with Gasteiger partial charge in [-0.2, -0.15) is 0 Å². The molecule has 0 spiro atoms. The lowest BCUT2D eigenvalue weighted by atomic mass is 9.83. The summed E-state index contributed by atoms with van der Waals surface area (Å²) in [5, 5.41) is 11.4. The molecule has 1 saturated carbocycles. The van der Waals surface area contributed by atoms with Crippen molar-refractivity contribution in [3.8, 4) is 0 Å². The first kappa shape index (κ1) is 11.9. The molecular formula is C14H19ClO. The van der Waals surface area contributed by atoms with E-state index in [0.717, 1.165) is 42.7 Å². The summed E-state index contributed by atoms with van der Waals surface area (Å²) < 4.78 is 0. The van der Waals surface area contributed by atoms with Crippen LogP contribution >= 0.6 is 11.6 Å². The third-order valence-corrected chi connectivity index (χ3v) is 4.05. The molecule has 0 aliphatic heterocycles. The zero-order valence-corrected chi connectivity index (χ0v) is 10.5. The Morgan fingerprint density at radius 1 is 1.50 bits per heavy atom. The molecular weight excluding hydrogens is 220 g/mol. The molecule has 2 heteroatoms. The van der Waals surface area contributed by atoms with Crippen LogP contribution in [0.5, 0.6) is 0 Å². The van der Waals surface area contributed by atoms with Crippen molar-refractivity contribution < 1.29 is 5.11 Å². The number of halogens is 1. The van der Waals surface area contributed by atoms with Crippen molar-refractivity contribution in [3.05, 3.63) is 34.9 Å². The van der Waals surface area contributed by atoms with Gasteiger partial charge in [-0.3, -0.25) is 0 Å². The fraction of sp³-hybridized carbons (Fsp3) is 0.571. The molecule has 1 aliphatic rings. The van der Waals surface area contributed by atoms with Crippen LogP contribution in [-0.2, 0) is 6.42 Å². The van der Waals surface area contributed by atoms with Gasteiger partial charge in [-0.15, -0.1) is 0 Å². The highest BCUT2D eigenvalue weighted by atomic mass is 35.5. The number of hydrogen-bond acceptors (Lipinski definition) is 1. The topological polar surface area (TPSA) is 20.2 Å². The Morgan fingerprint density at radius 3 is 3.00 bits per heavy atom. The van der Waals surface area contributed by atoms with E-state index in [4.69, 9.17) is 11.6 Å². The van der Waals surface area contributed by atoms with Crippen molar-refractivity contribution in [1.29, 1.82) is 0 Å². The van der Waals surface area contributed by atoms with Crippen LogP contribution < -0.4 is 0 Å². The van der Waals surface area contributed by atoms with Gasteiger partial charge < -0.3 is 5.11 Å². The van der Waals surface area contributed by atoms with E-state index >= 15 is 0 Å². The number of hydrogen-bond donors (Lipinski definition) is 1. The van der Waals surface area contributed by atoms with Gasteiger partial charge in [-0.25, -0.2) is 0 Å². The Morgan fingerprint density at radius 2 is 2.31 bits per heavy atom. The van der Waals surface area contributed by atoms with E-state index in [9.17, 15) is 5.11 Å². The maximum absolute atomic E-state index is 10.7. The molecule has 0 bridgehead atoms. The molecule has 16 heavy (non-hydrogen) atoms. The lowest BCUT2D eigenvalue weighted by Gasteiger charge is -2.29. The number of benzene rings is 1. The van der Waals surface area contributed by atoms with Gasteiger partial charge >= 0.3 is 0 Å². The van der Waals surface area contributed by atoms with Crippen molar-refractivity contribution in [2.45, 2.75) is 44.6 Å². The lowest BCUT2D eigenvalue weighted by molar-refractivity contribution is 0.00147. The van der Waals surface area contributed by atoms with E-state index in [1.54, 1.807) is 0 Å². The van der Waals surface area contributed by atoms with Gasteiger partial charge in [0.25, 0.3) is 0 Å². The zero-order valence-electron chi connectivity index (χ0n) is 9.75. The summed E-state index contributed by atoms with van der Waals surface area (Å²) in [6.07, 6.45) is 5.05. The van der Waals surface area contributed by atoms with Gasteiger partial charge in [0.2, 0.25) is 0 Å². The molecule has 2 unspecified atom stereocenters. The zero-order chi connectivity index (χ0) is 11.6.